The van der Waals surface area contributed by atoms with Crippen LogP contribution in [0.25, 0.3) is 0 Å². The van der Waals surface area contributed by atoms with Crippen molar-refractivity contribution in [1.82, 2.24) is 0 Å². The SMILES string of the molecule is C=CCCCC1CCSC(CCCC(C)O)S1. The molecule has 0 bridgehead atoms. The molecule has 1 saturated heterocycles. The number of hydrogen-bond donors (Lipinski definition) is 1. The molecule has 17 heavy (non-hydrogen) atoms. The summed E-state index contributed by atoms with van der Waals surface area (Å²) in [6.45, 7) is 5.67. The van der Waals surface area contributed by atoms with Gasteiger partial charge in [0.25, 0.3) is 0 Å². The van der Waals surface area contributed by atoms with Crippen LogP contribution in [0.5, 0.6) is 0 Å². The van der Waals surface area contributed by atoms with Gasteiger partial charge in [0.05, 0.1) is 10.7 Å². The van der Waals surface area contributed by atoms with Crippen molar-refractivity contribution in [2.75, 3.05) is 5.75 Å². The van der Waals surface area contributed by atoms with Crippen LogP contribution >= 0.6 is 23.5 Å². The molecule has 0 aromatic rings. The molecule has 100 valence electrons. The minimum atomic E-state index is -0.128. The molecule has 0 radical (unpaired) electrons. The van der Waals surface area contributed by atoms with E-state index in [-0.39, 0.29) is 6.10 Å². The smallest absolute Gasteiger partial charge is 0.0512 e. The fraction of sp³-hybridized carbons (Fsp3) is 0.857. The normalized spacial score (nSPS) is 26.7. The van der Waals surface area contributed by atoms with E-state index in [4.69, 9.17) is 0 Å². The first-order chi connectivity index (χ1) is 8.22. The van der Waals surface area contributed by atoms with Crippen molar-refractivity contribution >= 4 is 23.5 Å². The number of hydrogen-bond acceptors (Lipinski definition) is 3. The second kappa shape index (κ2) is 9.35. The lowest BCUT2D eigenvalue weighted by Gasteiger charge is -2.28. The third-order valence-corrected chi connectivity index (χ3v) is 6.30. The van der Waals surface area contributed by atoms with Crippen molar-refractivity contribution in [1.29, 1.82) is 0 Å². The van der Waals surface area contributed by atoms with E-state index in [2.05, 4.69) is 30.1 Å². The zero-order valence-corrected chi connectivity index (χ0v) is 12.6. The van der Waals surface area contributed by atoms with E-state index in [1.54, 1.807) is 0 Å². The average molecular weight is 274 g/mol. The Bertz CT molecular complexity index is 206. The van der Waals surface area contributed by atoms with Gasteiger partial charge in [-0.25, -0.2) is 0 Å². The van der Waals surface area contributed by atoms with Gasteiger partial charge in [-0.05, 0) is 57.6 Å². The van der Waals surface area contributed by atoms with Crippen LogP contribution in [-0.2, 0) is 0 Å². The topological polar surface area (TPSA) is 20.2 Å². The van der Waals surface area contributed by atoms with Crippen molar-refractivity contribution in [3.05, 3.63) is 12.7 Å². The molecule has 3 heteroatoms. The highest BCUT2D eigenvalue weighted by Crippen LogP contribution is 2.40. The van der Waals surface area contributed by atoms with Gasteiger partial charge in [-0.15, -0.1) is 30.1 Å². The summed E-state index contributed by atoms with van der Waals surface area (Å²) in [6, 6.07) is 0. The second-order valence-electron chi connectivity index (χ2n) is 4.85. The van der Waals surface area contributed by atoms with Gasteiger partial charge < -0.3 is 5.11 Å². The predicted molar refractivity (Wildman–Crippen MR) is 81.8 cm³/mol. The molecule has 0 spiro atoms. The summed E-state index contributed by atoms with van der Waals surface area (Å²) in [7, 11) is 0. The Morgan fingerprint density at radius 3 is 2.94 bits per heavy atom. The molecule has 1 fully saturated rings. The maximum atomic E-state index is 9.25. The highest BCUT2D eigenvalue weighted by molar-refractivity contribution is 8.17. The summed E-state index contributed by atoms with van der Waals surface area (Å²) in [5.41, 5.74) is 0. The number of allylic oxidation sites excluding steroid dienone is 1. The fourth-order valence-electron chi connectivity index (χ4n) is 2.09. The van der Waals surface area contributed by atoms with Gasteiger partial charge in [-0.2, -0.15) is 0 Å². The number of aliphatic hydroxyl groups is 1. The van der Waals surface area contributed by atoms with Crippen LogP contribution in [0.1, 0.15) is 51.9 Å². The van der Waals surface area contributed by atoms with Crippen LogP contribution in [-0.4, -0.2) is 26.8 Å². The van der Waals surface area contributed by atoms with Crippen LogP contribution in [0.15, 0.2) is 12.7 Å². The molecule has 1 heterocycles. The summed E-state index contributed by atoms with van der Waals surface area (Å²) in [5, 5.41) is 10.1. The largest absolute Gasteiger partial charge is 0.393 e. The highest BCUT2D eigenvalue weighted by Gasteiger charge is 2.22. The van der Waals surface area contributed by atoms with Crippen molar-refractivity contribution in [3.8, 4) is 0 Å². The molecule has 3 unspecified atom stereocenters. The van der Waals surface area contributed by atoms with Crippen molar-refractivity contribution in [2.24, 2.45) is 0 Å². The molecule has 0 aromatic heterocycles. The third-order valence-electron chi connectivity index (χ3n) is 3.08. The van der Waals surface area contributed by atoms with E-state index in [1.165, 1.54) is 37.9 Å². The van der Waals surface area contributed by atoms with Gasteiger partial charge in [0.2, 0.25) is 0 Å². The lowest BCUT2D eigenvalue weighted by molar-refractivity contribution is 0.181. The van der Waals surface area contributed by atoms with E-state index in [0.717, 1.165) is 22.7 Å². The van der Waals surface area contributed by atoms with E-state index >= 15 is 0 Å². The van der Waals surface area contributed by atoms with E-state index in [0.29, 0.717) is 0 Å². The quantitative estimate of drug-likeness (QED) is 0.521. The van der Waals surface area contributed by atoms with Crippen molar-refractivity contribution in [3.63, 3.8) is 0 Å². The zero-order chi connectivity index (χ0) is 12.5. The lowest BCUT2D eigenvalue weighted by atomic mass is 10.1. The monoisotopic (exact) mass is 274 g/mol. The first-order valence-corrected chi connectivity index (χ1v) is 8.77. The van der Waals surface area contributed by atoms with Crippen LogP contribution in [0.2, 0.25) is 0 Å². The second-order valence-corrected chi connectivity index (χ2v) is 7.96. The summed E-state index contributed by atoms with van der Waals surface area (Å²) in [6.07, 6.45) is 10.5. The van der Waals surface area contributed by atoms with Gasteiger partial charge in [0, 0.05) is 5.25 Å². The number of unbranched alkanes of at least 4 members (excludes halogenated alkanes) is 1. The molecule has 1 rings (SSSR count). The van der Waals surface area contributed by atoms with E-state index in [9.17, 15) is 5.11 Å². The Morgan fingerprint density at radius 1 is 1.41 bits per heavy atom. The molecule has 0 aliphatic carbocycles. The molecule has 1 aliphatic rings. The van der Waals surface area contributed by atoms with Gasteiger partial charge in [-0.3, -0.25) is 0 Å². The Morgan fingerprint density at radius 2 is 2.24 bits per heavy atom. The Hall–Kier alpha value is 0.400. The molecule has 0 saturated carbocycles. The molecule has 0 aromatic carbocycles. The summed E-state index contributed by atoms with van der Waals surface area (Å²) < 4.78 is 0.774. The molecule has 0 amide bonds. The number of thioether (sulfide) groups is 2. The molecular weight excluding hydrogens is 248 g/mol. The summed E-state index contributed by atoms with van der Waals surface area (Å²) in [5.74, 6) is 1.32. The lowest BCUT2D eigenvalue weighted by Crippen LogP contribution is -2.16. The van der Waals surface area contributed by atoms with Crippen molar-refractivity contribution in [2.45, 2.75) is 67.8 Å². The van der Waals surface area contributed by atoms with E-state index in [1.807, 2.05) is 13.0 Å². The van der Waals surface area contributed by atoms with Gasteiger partial charge in [0.15, 0.2) is 0 Å². The van der Waals surface area contributed by atoms with Crippen LogP contribution < -0.4 is 0 Å². The average Bonchev–Trinajstić information content (AvgIpc) is 2.29. The summed E-state index contributed by atoms with van der Waals surface area (Å²) in [4.78, 5) is 0. The molecule has 1 aliphatic heterocycles. The third kappa shape index (κ3) is 7.43. The fourth-order valence-corrected chi connectivity index (χ4v) is 5.62. The highest BCUT2D eigenvalue weighted by atomic mass is 32.2. The molecule has 1 N–H and O–H groups in total. The maximum absolute atomic E-state index is 9.25. The van der Waals surface area contributed by atoms with Gasteiger partial charge >= 0.3 is 0 Å². The summed E-state index contributed by atoms with van der Waals surface area (Å²) >= 11 is 4.30. The Balaban J connectivity index is 2.12. The molecule has 3 atom stereocenters. The maximum Gasteiger partial charge on any atom is 0.0512 e. The minimum Gasteiger partial charge on any atom is -0.393 e. The number of aliphatic hydroxyl groups excluding tert-OH is 1. The standard InChI is InChI=1S/C14H26OS2/c1-3-4-5-8-13-10-11-16-14(17-13)9-6-7-12(2)15/h3,12-15H,1,4-11H2,2H3. The number of rotatable bonds is 8. The first kappa shape index (κ1) is 15.5. The molecular formula is C14H26OS2. The van der Waals surface area contributed by atoms with E-state index < -0.39 is 0 Å². The van der Waals surface area contributed by atoms with Crippen molar-refractivity contribution < 1.29 is 5.11 Å². The van der Waals surface area contributed by atoms with Crippen LogP contribution in [0, 0.1) is 0 Å². The van der Waals surface area contributed by atoms with Gasteiger partial charge in [-0.1, -0.05) is 6.08 Å². The minimum absolute atomic E-state index is 0.128. The van der Waals surface area contributed by atoms with Gasteiger partial charge in [0.1, 0.15) is 0 Å². The van der Waals surface area contributed by atoms with Crippen LogP contribution in [0.3, 0.4) is 0 Å². The van der Waals surface area contributed by atoms with Crippen LogP contribution in [0.4, 0.5) is 0 Å². The molecule has 1 nitrogen and oxygen atoms in total. The predicted octanol–water partition coefficient (Wildman–Crippen LogP) is 4.46. The zero-order valence-electron chi connectivity index (χ0n) is 10.9. The first-order valence-electron chi connectivity index (χ1n) is 6.78. The Kier molecular flexibility index (Phi) is 8.50. The Labute approximate surface area is 115 Å².